The topological polar surface area (TPSA) is 78.0 Å². The molecule has 0 aliphatic heterocycles. The number of thioether (sulfide) groups is 1. The highest BCUT2D eigenvalue weighted by Gasteiger charge is 2.18. The van der Waals surface area contributed by atoms with Crippen LogP contribution in [0.15, 0.2) is 52.2 Å². The van der Waals surface area contributed by atoms with Crippen molar-refractivity contribution in [2.75, 3.05) is 17.8 Å². The SMILES string of the molecule is Cc1occc1-c1nnc(SCCS(C)(=O)=O)n1Cc1ccccc1. The smallest absolute Gasteiger partial charge is 0.191 e. The number of furan rings is 1. The van der Waals surface area contributed by atoms with E-state index in [-0.39, 0.29) is 5.75 Å². The molecule has 0 radical (unpaired) electrons. The fourth-order valence-electron chi connectivity index (χ4n) is 2.40. The average molecular weight is 377 g/mol. The molecule has 0 atom stereocenters. The molecule has 2 heterocycles. The predicted octanol–water partition coefficient (Wildman–Crippen LogP) is 3.03. The molecule has 132 valence electrons. The zero-order valence-corrected chi connectivity index (χ0v) is 15.7. The third-order valence-electron chi connectivity index (χ3n) is 3.69. The van der Waals surface area contributed by atoms with Gasteiger partial charge < -0.3 is 4.42 Å². The Bertz CT molecular complexity index is 947. The van der Waals surface area contributed by atoms with Gasteiger partial charge in [-0.15, -0.1) is 10.2 Å². The molecule has 0 saturated heterocycles. The lowest BCUT2D eigenvalue weighted by atomic mass is 10.2. The number of hydrogen-bond donors (Lipinski definition) is 0. The lowest BCUT2D eigenvalue weighted by Crippen LogP contribution is -2.08. The Morgan fingerprint density at radius 2 is 1.92 bits per heavy atom. The van der Waals surface area contributed by atoms with Crippen LogP contribution >= 0.6 is 11.8 Å². The summed E-state index contributed by atoms with van der Waals surface area (Å²) in [4.78, 5) is 0. The molecular formula is C17H19N3O3S2. The van der Waals surface area contributed by atoms with Crippen molar-refractivity contribution < 1.29 is 12.8 Å². The van der Waals surface area contributed by atoms with Crippen LogP contribution in [0.5, 0.6) is 0 Å². The maximum absolute atomic E-state index is 11.4. The highest BCUT2D eigenvalue weighted by molar-refractivity contribution is 8.00. The van der Waals surface area contributed by atoms with Gasteiger partial charge in [-0.3, -0.25) is 4.57 Å². The van der Waals surface area contributed by atoms with Gasteiger partial charge in [-0.1, -0.05) is 42.1 Å². The van der Waals surface area contributed by atoms with Crippen LogP contribution in [0.3, 0.4) is 0 Å². The fourth-order valence-corrected chi connectivity index (χ4v) is 4.54. The van der Waals surface area contributed by atoms with Crippen molar-refractivity contribution in [3.8, 4) is 11.4 Å². The first-order valence-corrected chi connectivity index (χ1v) is 10.8. The molecule has 0 aliphatic rings. The van der Waals surface area contributed by atoms with E-state index in [2.05, 4.69) is 10.2 Å². The second-order valence-corrected chi connectivity index (χ2v) is 9.07. The van der Waals surface area contributed by atoms with Crippen molar-refractivity contribution >= 4 is 21.6 Å². The zero-order chi connectivity index (χ0) is 17.9. The van der Waals surface area contributed by atoms with Crippen molar-refractivity contribution in [2.45, 2.75) is 18.6 Å². The van der Waals surface area contributed by atoms with Crippen LogP contribution in [-0.4, -0.2) is 40.9 Å². The molecule has 0 N–H and O–H groups in total. The van der Waals surface area contributed by atoms with Crippen LogP contribution in [0.25, 0.3) is 11.4 Å². The summed E-state index contributed by atoms with van der Waals surface area (Å²) in [6.45, 7) is 2.49. The number of rotatable bonds is 7. The molecule has 3 aromatic rings. The predicted molar refractivity (Wildman–Crippen MR) is 98.4 cm³/mol. The van der Waals surface area contributed by atoms with Crippen molar-refractivity contribution in [3.05, 3.63) is 54.0 Å². The van der Waals surface area contributed by atoms with Crippen molar-refractivity contribution in [3.63, 3.8) is 0 Å². The summed E-state index contributed by atoms with van der Waals surface area (Å²) in [6, 6.07) is 11.9. The molecule has 0 amide bonds. The summed E-state index contributed by atoms with van der Waals surface area (Å²) < 4.78 is 30.1. The normalized spacial score (nSPS) is 11.8. The molecule has 25 heavy (non-hydrogen) atoms. The number of benzene rings is 1. The van der Waals surface area contributed by atoms with E-state index in [1.807, 2.05) is 47.9 Å². The number of sulfone groups is 1. The van der Waals surface area contributed by atoms with Crippen LogP contribution in [0.4, 0.5) is 0 Å². The summed E-state index contributed by atoms with van der Waals surface area (Å²) in [7, 11) is -3.00. The average Bonchev–Trinajstić information content (AvgIpc) is 3.14. The van der Waals surface area contributed by atoms with E-state index in [0.717, 1.165) is 22.7 Å². The maximum Gasteiger partial charge on any atom is 0.191 e. The number of nitrogens with zero attached hydrogens (tertiary/aromatic N) is 3. The van der Waals surface area contributed by atoms with Crippen LogP contribution in [0.1, 0.15) is 11.3 Å². The van der Waals surface area contributed by atoms with E-state index < -0.39 is 9.84 Å². The Morgan fingerprint density at radius 1 is 1.16 bits per heavy atom. The van der Waals surface area contributed by atoms with E-state index in [0.29, 0.717) is 17.5 Å². The van der Waals surface area contributed by atoms with E-state index in [4.69, 9.17) is 4.42 Å². The Labute approximate surface area is 151 Å². The van der Waals surface area contributed by atoms with Gasteiger partial charge in [0.2, 0.25) is 0 Å². The highest BCUT2D eigenvalue weighted by Crippen LogP contribution is 2.28. The minimum Gasteiger partial charge on any atom is -0.469 e. The lowest BCUT2D eigenvalue weighted by molar-refractivity contribution is 0.534. The Kier molecular flexibility index (Phi) is 5.29. The first-order chi connectivity index (χ1) is 11.9. The van der Waals surface area contributed by atoms with Gasteiger partial charge in [-0.2, -0.15) is 0 Å². The Morgan fingerprint density at radius 3 is 2.56 bits per heavy atom. The van der Waals surface area contributed by atoms with E-state index >= 15 is 0 Å². The molecule has 0 bridgehead atoms. The minimum absolute atomic E-state index is 0.107. The van der Waals surface area contributed by atoms with Gasteiger partial charge in [-0.05, 0) is 18.6 Å². The van der Waals surface area contributed by atoms with Gasteiger partial charge >= 0.3 is 0 Å². The van der Waals surface area contributed by atoms with E-state index in [1.54, 1.807) is 6.26 Å². The molecule has 0 spiro atoms. The third-order valence-corrected chi connectivity index (χ3v) is 5.86. The molecule has 0 saturated carbocycles. The van der Waals surface area contributed by atoms with Crippen molar-refractivity contribution in [2.24, 2.45) is 0 Å². The second-order valence-electron chi connectivity index (χ2n) is 5.75. The lowest BCUT2D eigenvalue weighted by Gasteiger charge is -2.10. The first kappa shape index (κ1) is 17.8. The van der Waals surface area contributed by atoms with Crippen LogP contribution in [-0.2, 0) is 16.4 Å². The molecule has 0 aliphatic carbocycles. The number of hydrogen-bond acceptors (Lipinski definition) is 6. The Hall–Kier alpha value is -2.06. The minimum atomic E-state index is -3.00. The van der Waals surface area contributed by atoms with Gasteiger partial charge in [-0.25, -0.2) is 8.42 Å². The molecule has 0 unspecified atom stereocenters. The molecular weight excluding hydrogens is 358 g/mol. The summed E-state index contributed by atoms with van der Waals surface area (Å²) in [5.41, 5.74) is 2.01. The summed E-state index contributed by atoms with van der Waals surface area (Å²) in [5, 5.41) is 9.28. The quantitative estimate of drug-likeness (QED) is 0.589. The molecule has 0 fully saturated rings. The first-order valence-electron chi connectivity index (χ1n) is 7.76. The van der Waals surface area contributed by atoms with Gasteiger partial charge in [0.1, 0.15) is 15.6 Å². The zero-order valence-electron chi connectivity index (χ0n) is 14.0. The number of aromatic nitrogens is 3. The van der Waals surface area contributed by atoms with Crippen LogP contribution in [0, 0.1) is 6.92 Å². The summed E-state index contributed by atoms with van der Waals surface area (Å²) in [5.74, 6) is 2.04. The van der Waals surface area contributed by atoms with Gasteiger partial charge in [0.15, 0.2) is 11.0 Å². The van der Waals surface area contributed by atoms with E-state index in [9.17, 15) is 8.42 Å². The fraction of sp³-hybridized carbons (Fsp3) is 0.294. The largest absolute Gasteiger partial charge is 0.469 e. The van der Waals surface area contributed by atoms with Gasteiger partial charge in [0.25, 0.3) is 0 Å². The highest BCUT2D eigenvalue weighted by atomic mass is 32.2. The van der Waals surface area contributed by atoms with E-state index in [1.165, 1.54) is 18.0 Å². The Balaban J connectivity index is 1.92. The van der Waals surface area contributed by atoms with Crippen LogP contribution in [0.2, 0.25) is 0 Å². The molecule has 1 aromatic carbocycles. The summed E-state index contributed by atoms with van der Waals surface area (Å²) in [6.07, 6.45) is 2.87. The molecule has 8 heteroatoms. The third kappa shape index (κ3) is 4.52. The monoisotopic (exact) mass is 377 g/mol. The summed E-state index contributed by atoms with van der Waals surface area (Å²) >= 11 is 1.40. The van der Waals surface area contributed by atoms with Crippen LogP contribution < -0.4 is 0 Å². The van der Waals surface area contributed by atoms with Gasteiger partial charge in [0.05, 0.1) is 24.1 Å². The molecule has 3 rings (SSSR count). The maximum atomic E-state index is 11.4. The molecule has 6 nitrogen and oxygen atoms in total. The molecule has 2 aromatic heterocycles. The second kappa shape index (κ2) is 7.45. The standard InChI is InChI=1S/C17H19N3O3S2/c1-13-15(8-9-23-13)16-18-19-17(24-10-11-25(2,21)22)20(16)12-14-6-4-3-5-7-14/h3-9H,10-12H2,1-2H3. The van der Waals surface area contributed by atoms with Crippen molar-refractivity contribution in [1.82, 2.24) is 14.8 Å². The number of aryl methyl sites for hydroxylation is 1. The van der Waals surface area contributed by atoms with Gasteiger partial charge in [0, 0.05) is 12.0 Å². The van der Waals surface area contributed by atoms with Crippen molar-refractivity contribution in [1.29, 1.82) is 0 Å².